The van der Waals surface area contributed by atoms with Gasteiger partial charge in [-0.3, -0.25) is 4.79 Å². The normalized spacial score (nSPS) is 14.2. The van der Waals surface area contributed by atoms with E-state index in [9.17, 15) is 18.3 Å². The molecular weight excluding hydrogens is 278 g/mol. The van der Waals surface area contributed by atoms with E-state index < -0.39 is 22.0 Å². The maximum absolute atomic E-state index is 12.4. The number of likely N-dealkylation sites (N-methyl/N-ethyl adjacent to an activating group) is 1. The Bertz CT molecular complexity index is 561. The largest absolute Gasteiger partial charge is 0.480 e. The van der Waals surface area contributed by atoms with Crippen LogP contribution in [0.1, 0.15) is 27.2 Å². The van der Waals surface area contributed by atoms with Crippen LogP contribution < -0.4 is 0 Å². The van der Waals surface area contributed by atoms with Crippen molar-refractivity contribution in [2.24, 2.45) is 5.41 Å². The number of carbonyl (C=O) groups is 1. The van der Waals surface area contributed by atoms with Crippen molar-refractivity contribution in [1.82, 2.24) is 4.31 Å². The van der Waals surface area contributed by atoms with Crippen LogP contribution in [0.2, 0.25) is 0 Å². The first-order valence-electron chi connectivity index (χ1n) is 6.31. The van der Waals surface area contributed by atoms with Crippen molar-refractivity contribution in [2.75, 3.05) is 7.05 Å². The predicted molar refractivity (Wildman–Crippen MR) is 76.9 cm³/mol. The van der Waals surface area contributed by atoms with Crippen molar-refractivity contribution in [3.05, 3.63) is 30.3 Å². The number of rotatable bonds is 5. The summed E-state index contributed by atoms with van der Waals surface area (Å²) in [5.41, 5.74) is -0.288. The molecular formula is C14H21NO4S. The molecule has 1 aromatic carbocycles. The van der Waals surface area contributed by atoms with Gasteiger partial charge in [-0.2, -0.15) is 4.31 Å². The van der Waals surface area contributed by atoms with Gasteiger partial charge >= 0.3 is 5.97 Å². The SMILES string of the molecule is CN(C(CC(C)(C)C)C(=O)O)S(=O)(=O)c1ccccc1. The van der Waals surface area contributed by atoms with Crippen LogP contribution in [0.15, 0.2) is 35.2 Å². The number of benzene rings is 1. The molecule has 6 heteroatoms. The van der Waals surface area contributed by atoms with Gasteiger partial charge in [-0.05, 0) is 24.0 Å². The quantitative estimate of drug-likeness (QED) is 0.904. The zero-order valence-corrected chi connectivity index (χ0v) is 13.0. The van der Waals surface area contributed by atoms with Crippen molar-refractivity contribution in [2.45, 2.75) is 38.1 Å². The number of carboxylic acid groups (broad SMARTS) is 1. The Kier molecular flexibility index (Phi) is 4.94. The third-order valence-corrected chi connectivity index (χ3v) is 4.83. The molecule has 0 aliphatic carbocycles. The Hall–Kier alpha value is -1.40. The van der Waals surface area contributed by atoms with E-state index in [2.05, 4.69) is 0 Å². The second-order valence-electron chi connectivity index (χ2n) is 5.95. The standard InChI is InChI=1S/C14H21NO4S/c1-14(2,3)10-12(13(16)17)15(4)20(18,19)11-8-6-5-7-9-11/h5-9,12H,10H2,1-4H3,(H,16,17). The minimum atomic E-state index is -3.80. The Labute approximate surface area is 120 Å². The minimum Gasteiger partial charge on any atom is -0.480 e. The van der Waals surface area contributed by atoms with Gasteiger partial charge in [0, 0.05) is 7.05 Å². The van der Waals surface area contributed by atoms with E-state index in [1.165, 1.54) is 19.2 Å². The minimum absolute atomic E-state index is 0.0997. The lowest BCUT2D eigenvalue weighted by Gasteiger charge is -2.29. The van der Waals surface area contributed by atoms with E-state index in [0.717, 1.165) is 4.31 Å². The molecule has 0 saturated heterocycles. The first-order chi connectivity index (χ1) is 9.05. The van der Waals surface area contributed by atoms with Gasteiger partial charge in [0.25, 0.3) is 0 Å². The van der Waals surface area contributed by atoms with Crippen LogP contribution >= 0.6 is 0 Å². The van der Waals surface area contributed by atoms with Crippen LogP contribution in [-0.4, -0.2) is 36.9 Å². The molecule has 0 aromatic heterocycles. The van der Waals surface area contributed by atoms with Crippen LogP contribution in [0.25, 0.3) is 0 Å². The maximum atomic E-state index is 12.4. The van der Waals surface area contributed by atoms with E-state index in [-0.39, 0.29) is 16.7 Å². The number of carboxylic acids is 1. The van der Waals surface area contributed by atoms with Crippen molar-refractivity contribution in [3.63, 3.8) is 0 Å². The number of nitrogens with zero attached hydrogens (tertiary/aromatic N) is 1. The highest BCUT2D eigenvalue weighted by Gasteiger charge is 2.35. The zero-order valence-electron chi connectivity index (χ0n) is 12.2. The van der Waals surface area contributed by atoms with E-state index >= 15 is 0 Å². The lowest BCUT2D eigenvalue weighted by Crippen LogP contribution is -2.44. The summed E-state index contributed by atoms with van der Waals surface area (Å²) in [5, 5.41) is 9.31. The van der Waals surface area contributed by atoms with Gasteiger partial charge in [0.15, 0.2) is 0 Å². The molecule has 0 amide bonds. The Morgan fingerprint density at radius 3 is 2.15 bits per heavy atom. The summed E-state index contributed by atoms with van der Waals surface area (Å²) in [6, 6.07) is 6.77. The second-order valence-corrected chi connectivity index (χ2v) is 7.95. The van der Waals surface area contributed by atoms with Crippen molar-refractivity contribution in [3.8, 4) is 0 Å². The van der Waals surface area contributed by atoms with E-state index in [4.69, 9.17) is 0 Å². The number of hydrogen-bond acceptors (Lipinski definition) is 3. The third kappa shape index (κ3) is 4.05. The monoisotopic (exact) mass is 299 g/mol. The van der Waals surface area contributed by atoms with Gasteiger partial charge in [-0.25, -0.2) is 8.42 Å². The molecule has 0 spiro atoms. The summed E-state index contributed by atoms with van der Waals surface area (Å²) in [6.07, 6.45) is 0.241. The second kappa shape index (κ2) is 5.93. The topological polar surface area (TPSA) is 74.7 Å². The number of hydrogen-bond donors (Lipinski definition) is 1. The Balaban J connectivity index is 3.13. The van der Waals surface area contributed by atoms with E-state index in [0.29, 0.717) is 0 Å². The lowest BCUT2D eigenvalue weighted by atomic mass is 9.88. The van der Waals surface area contributed by atoms with Gasteiger partial charge in [0.05, 0.1) is 4.90 Å². The molecule has 0 radical (unpaired) electrons. The molecule has 0 aliphatic rings. The van der Waals surface area contributed by atoms with Gasteiger partial charge < -0.3 is 5.11 Å². The summed E-state index contributed by atoms with van der Waals surface area (Å²) < 4.78 is 25.8. The molecule has 0 aliphatic heterocycles. The van der Waals surface area contributed by atoms with E-state index in [1.807, 2.05) is 20.8 Å². The van der Waals surface area contributed by atoms with Crippen LogP contribution in [-0.2, 0) is 14.8 Å². The fourth-order valence-corrected chi connectivity index (χ4v) is 3.21. The van der Waals surface area contributed by atoms with Crippen molar-refractivity contribution >= 4 is 16.0 Å². The highest BCUT2D eigenvalue weighted by molar-refractivity contribution is 7.89. The Morgan fingerprint density at radius 2 is 1.75 bits per heavy atom. The molecule has 1 unspecified atom stereocenters. The first kappa shape index (κ1) is 16.7. The van der Waals surface area contributed by atoms with Crippen LogP contribution in [0.3, 0.4) is 0 Å². The molecule has 1 atom stereocenters. The van der Waals surface area contributed by atoms with Crippen molar-refractivity contribution < 1.29 is 18.3 Å². The molecule has 0 saturated carbocycles. The summed E-state index contributed by atoms with van der Waals surface area (Å²) in [4.78, 5) is 11.5. The van der Waals surface area contributed by atoms with Crippen LogP contribution in [0, 0.1) is 5.41 Å². The molecule has 0 heterocycles. The summed E-state index contributed by atoms with van der Waals surface area (Å²) in [5.74, 6) is -1.14. The smallest absolute Gasteiger partial charge is 0.322 e. The lowest BCUT2D eigenvalue weighted by molar-refractivity contribution is -0.142. The summed E-state index contributed by atoms with van der Waals surface area (Å²) in [7, 11) is -2.49. The summed E-state index contributed by atoms with van der Waals surface area (Å²) in [6.45, 7) is 5.64. The highest BCUT2D eigenvalue weighted by Crippen LogP contribution is 2.26. The van der Waals surface area contributed by atoms with Gasteiger partial charge in [-0.1, -0.05) is 39.0 Å². The molecule has 1 N–H and O–H groups in total. The summed E-state index contributed by atoms with van der Waals surface area (Å²) >= 11 is 0. The molecule has 0 fully saturated rings. The van der Waals surface area contributed by atoms with E-state index in [1.54, 1.807) is 18.2 Å². The van der Waals surface area contributed by atoms with Crippen LogP contribution in [0.4, 0.5) is 0 Å². The first-order valence-corrected chi connectivity index (χ1v) is 7.75. The maximum Gasteiger partial charge on any atom is 0.322 e. The molecule has 112 valence electrons. The molecule has 5 nitrogen and oxygen atoms in total. The fourth-order valence-electron chi connectivity index (χ4n) is 1.88. The average Bonchev–Trinajstić information content (AvgIpc) is 2.35. The van der Waals surface area contributed by atoms with Gasteiger partial charge in [0.1, 0.15) is 6.04 Å². The van der Waals surface area contributed by atoms with Gasteiger partial charge in [0.2, 0.25) is 10.0 Å². The average molecular weight is 299 g/mol. The molecule has 1 aromatic rings. The number of aliphatic carboxylic acids is 1. The van der Waals surface area contributed by atoms with Crippen molar-refractivity contribution in [1.29, 1.82) is 0 Å². The number of sulfonamides is 1. The predicted octanol–water partition coefficient (Wildman–Crippen LogP) is 2.20. The molecule has 20 heavy (non-hydrogen) atoms. The third-order valence-electron chi connectivity index (χ3n) is 2.95. The van der Waals surface area contributed by atoms with Gasteiger partial charge in [-0.15, -0.1) is 0 Å². The molecule has 0 bridgehead atoms. The fraction of sp³-hybridized carbons (Fsp3) is 0.500. The molecule has 1 rings (SSSR count). The zero-order chi connectivity index (χ0) is 15.6. The Morgan fingerprint density at radius 1 is 1.25 bits per heavy atom. The highest BCUT2D eigenvalue weighted by atomic mass is 32.2. The van der Waals surface area contributed by atoms with Crippen LogP contribution in [0.5, 0.6) is 0 Å².